The third-order valence-corrected chi connectivity index (χ3v) is 2.87. The molecule has 0 fully saturated rings. The first-order chi connectivity index (χ1) is 9.47. The minimum atomic E-state index is -1.17. The van der Waals surface area contributed by atoms with Gasteiger partial charge in [0.2, 0.25) is 0 Å². The van der Waals surface area contributed by atoms with Gasteiger partial charge in [-0.15, -0.1) is 0 Å². The van der Waals surface area contributed by atoms with Crippen LogP contribution in [-0.2, 0) is 6.61 Å². The molecule has 0 saturated carbocycles. The van der Waals surface area contributed by atoms with Crippen molar-refractivity contribution in [2.75, 3.05) is 0 Å². The van der Waals surface area contributed by atoms with Crippen LogP contribution >= 0.6 is 11.6 Å². The molecule has 1 aromatic heterocycles. The summed E-state index contributed by atoms with van der Waals surface area (Å²) < 4.78 is 18.4. The van der Waals surface area contributed by atoms with Gasteiger partial charge in [-0.3, -0.25) is 0 Å². The van der Waals surface area contributed by atoms with Crippen molar-refractivity contribution in [2.24, 2.45) is 0 Å². The molecule has 104 valence electrons. The van der Waals surface area contributed by atoms with Crippen molar-refractivity contribution in [3.63, 3.8) is 0 Å². The second kappa shape index (κ2) is 5.88. The smallest absolute Gasteiger partial charge is 0.358 e. The summed E-state index contributed by atoms with van der Waals surface area (Å²) in [7, 11) is 0. The number of halogens is 2. The fourth-order valence-electron chi connectivity index (χ4n) is 1.60. The summed E-state index contributed by atoms with van der Waals surface area (Å²) >= 11 is 5.66. The van der Waals surface area contributed by atoms with Gasteiger partial charge in [-0.2, -0.15) is 0 Å². The highest BCUT2D eigenvalue weighted by atomic mass is 35.5. The average Bonchev–Trinajstić information content (AvgIpc) is 2.41. The van der Waals surface area contributed by atoms with Crippen LogP contribution in [0.5, 0.6) is 5.75 Å². The Labute approximate surface area is 119 Å². The number of nitrogens with zero attached hydrogens (tertiary/aromatic N) is 1. The molecule has 0 unspecified atom stereocenters. The monoisotopic (exact) mass is 295 g/mol. The molecular formula is C14H11ClFNO3. The van der Waals surface area contributed by atoms with Gasteiger partial charge in [0.05, 0.1) is 5.02 Å². The Kier molecular flexibility index (Phi) is 4.20. The molecule has 0 radical (unpaired) electrons. The van der Waals surface area contributed by atoms with Gasteiger partial charge in [0.15, 0.2) is 11.4 Å². The molecule has 20 heavy (non-hydrogen) atoms. The molecule has 4 nitrogen and oxygen atoms in total. The van der Waals surface area contributed by atoms with E-state index < -0.39 is 11.8 Å². The van der Waals surface area contributed by atoms with E-state index in [0.29, 0.717) is 11.3 Å². The lowest BCUT2D eigenvalue weighted by Gasteiger charge is -2.09. The number of hydrogen-bond donors (Lipinski definition) is 1. The van der Waals surface area contributed by atoms with E-state index in [0.717, 1.165) is 0 Å². The van der Waals surface area contributed by atoms with Gasteiger partial charge >= 0.3 is 5.97 Å². The summed E-state index contributed by atoms with van der Waals surface area (Å²) in [4.78, 5) is 15.0. The minimum Gasteiger partial charge on any atom is -0.486 e. The summed E-state index contributed by atoms with van der Waals surface area (Å²) in [5.74, 6) is -1.52. The molecule has 0 spiro atoms. The van der Waals surface area contributed by atoms with Gasteiger partial charge in [-0.25, -0.2) is 14.2 Å². The van der Waals surface area contributed by atoms with E-state index >= 15 is 0 Å². The Bertz CT molecular complexity index is 661. The first-order valence-electron chi connectivity index (χ1n) is 5.75. The molecule has 2 aromatic rings. The van der Waals surface area contributed by atoms with Crippen molar-refractivity contribution in [3.05, 3.63) is 58.1 Å². The summed E-state index contributed by atoms with van der Waals surface area (Å²) in [6, 6.07) is 7.37. The number of carboxylic acids is 1. The number of rotatable bonds is 4. The number of carboxylic acid groups (broad SMARTS) is 1. The third-order valence-electron chi connectivity index (χ3n) is 2.58. The predicted octanol–water partition coefficient (Wildman–Crippen LogP) is 3.46. The Morgan fingerprint density at radius 3 is 2.80 bits per heavy atom. The van der Waals surface area contributed by atoms with Crippen LogP contribution in [0.25, 0.3) is 0 Å². The molecule has 6 heteroatoms. The van der Waals surface area contributed by atoms with Crippen molar-refractivity contribution in [1.29, 1.82) is 0 Å². The molecular weight excluding hydrogens is 285 g/mol. The molecule has 1 heterocycles. The summed E-state index contributed by atoms with van der Waals surface area (Å²) in [5.41, 5.74) is 1.06. The van der Waals surface area contributed by atoms with Crippen molar-refractivity contribution in [3.8, 4) is 5.75 Å². The normalized spacial score (nSPS) is 10.3. The largest absolute Gasteiger partial charge is 0.486 e. The van der Waals surface area contributed by atoms with Crippen LogP contribution < -0.4 is 4.74 Å². The summed E-state index contributed by atoms with van der Waals surface area (Å²) in [6.07, 6.45) is 0. The van der Waals surface area contributed by atoms with E-state index in [1.807, 2.05) is 0 Å². The number of aromatic carboxylic acids is 1. The Balaban J connectivity index is 2.18. The fourth-order valence-corrected chi connectivity index (χ4v) is 1.81. The highest BCUT2D eigenvalue weighted by Crippen LogP contribution is 2.20. The quantitative estimate of drug-likeness (QED) is 0.938. The molecule has 1 aromatic carbocycles. The van der Waals surface area contributed by atoms with Crippen LogP contribution in [0.2, 0.25) is 5.02 Å². The summed E-state index contributed by atoms with van der Waals surface area (Å²) in [6.45, 7) is 1.76. The van der Waals surface area contributed by atoms with Crippen LogP contribution in [0, 0.1) is 12.7 Å². The lowest BCUT2D eigenvalue weighted by molar-refractivity contribution is 0.0684. The SMILES string of the molecule is Cc1ccc(OCc2ccc(F)c(Cl)c2)c(C(=O)O)n1. The number of carbonyl (C=O) groups is 1. The van der Waals surface area contributed by atoms with Gasteiger partial charge in [0.1, 0.15) is 12.4 Å². The van der Waals surface area contributed by atoms with Crippen LogP contribution in [-0.4, -0.2) is 16.1 Å². The van der Waals surface area contributed by atoms with E-state index in [1.165, 1.54) is 24.3 Å². The van der Waals surface area contributed by atoms with Crippen molar-refractivity contribution in [2.45, 2.75) is 13.5 Å². The lowest BCUT2D eigenvalue weighted by Crippen LogP contribution is -2.07. The number of aryl methyl sites for hydroxylation is 1. The van der Waals surface area contributed by atoms with Crippen molar-refractivity contribution >= 4 is 17.6 Å². The molecule has 0 aliphatic rings. The second-order valence-electron chi connectivity index (χ2n) is 4.14. The van der Waals surface area contributed by atoms with E-state index in [-0.39, 0.29) is 23.1 Å². The van der Waals surface area contributed by atoms with Gasteiger partial charge in [0, 0.05) is 5.69 Å². The lowest BCUT2D eigenvalue weighted by atomic mass is 10.2. The fraction of sp³-hybridized carbons (Fsp3) is 0.143. The van der Waals surface area contributed by atoms with Crippen LogP contribution in [0.3, 0.4) is 0 Å². The average molecular weight is 296 g/mol. The first kappa shape index (κ1) is 14.3. The highest BCUT2D eigenvalue weighted by molar-refractivity contribution is 6.30. The zero-order valence-electron chi connectivity index (χ0n) is 10.6. The molecule has 0 saturated heterocycles. The Morgan fingerprint density at radius 1 is 1.40 bits per heavy atom. The zero-order valence-corrected chi connectivity index (χ0v) is 11.3. The molecule has 2 rings (SSSR count). The number of hydrogen-bond acceptors (Lipinski definition) is 3. The maximum Gasteiger partial charge on any atom is 0.358 e. The maximum absolute atomic E-state index is 13.0. The highest BCUT2D eigenvalue weighted by Gasteiger charge is 2.13. The van der Waals surface area contributed by atoms with E-state index in [1.54, 1.807) is 13.0 Å². The van der Waals surface area contributed by atoms with Crippen molar-refractivity contribution < 1.29 is 19.0 Å². The minimum absolute atomic E-state index is 0.00779. The molecule has 0 aliphatic carbocycles. The van der Waals surface area contributed by atoms with Gasteiger partial charge in [-0.05, 0) is 36.8 Å². The number of benzene rings is 1. The van der Waals surface area contributed by atoms with E-state index in [2.05, 4.69) is 4.98 Å². The maximum atomic E-state index is 13.0. The molecule has 0 amide bonds. The van der Waals surface area contributed by atoms with Crippen LogP contribution in [0.4, 0.5) is 4.39 Å². The van der Waals surface area contributed by atoms with Crippen molar-refractivity contribution in [1.82, 2.24) is 4.98 Å². The van der Waals surface area contributed by atoms with E-state index in [4.69, 9.17) is 21.4 Å². The van der Waals surface area contributed by atoms with Gasteiger partial charge in [0.25, 0.3) is 0 Å². The predicted molar refractivity (Wildman–Crippen MR) is 71.7 cm³/mol. The third kappa shape index (κ3) is 3.24. The molecule has 0 bridgehead atoms. The van der Waals surface area contributed by atoms with Gasteiger partial charge in [-0.1, -0.05) is 17.7 Å². The number of pyridine rings is 1. The second-order valence-corrected chi connectivity index (χ2v) is 4.55. The first-order valence-corrected chi connectivity index (χ1v) is 6.13. The topological polar surface area (TPSA) is 59.4 Å². The number of aromatic nitrogens is 1. The van der Waals surface area contributed by atoms with Crippen LogP contribution in [0.1, 0.15) is 21.7 Å². The standard InChI is InChI=1S/C14H11ClFNO3/c1-8-2-5-12(13(17-8)14(18)19)20-7-9-3-4-11(16)10(15)6-9/h2-6H,7H2,1H3,(H,18,19). The van der Waals surface area contributed by atoms with Crippen LogP contribution in [0.15, 0.2) is 30.3 Å². The molecule has 0 aliphatic heterocycles. The number of ether oxygens (including phenoxy) is 1. The molecule has 1 N–H and O–H groups in total. The molecule has 0 atom stereocenters. The van der Waals surface area contributed by atoms with E-state index in [9.17, 15) is 9.18 Å². The Hall–Kier alpha value is -2.14. The van der Waals surface area contributed by atoms with Gasteiger partial charge < -0.3 is 9.84 Å². The summed E-state index contributed by atoms with van der Waals surface area (Å²) in [5, 5.41) is 9.05. The zero-order chi connectivity index (χ0) is 14.7. The Morgan fingerprint density at radius 2 is 2.15 bits per heavy atom.